The van der Waals surface area contributed by atoms with Gasteiger partial charge in [-0.3, -0.25) is 14.4 Å². The molecule has 0 aromatic carbocycles. The van der Waals surface area contributed by atoms with Crippen LogP contribution in [0.2, 0.25) is 0 Å². The molecule has 0 radical (unpaired) electrons. The number of aliphatic imine (C=N–C) groups is 1. The Labute approximate surface area is 211 Å². The van der Waals surface area contributed by atoms with Crippen LogP contribution < -0.4 is 5.73 Å². The molecule has 0 spiro atoms. The maximum atomic E-state index is 5.24. The smallest absolute Gasteiger partial charge is 0.0492 e. The Balaban J connectivity index is -0.000000394. The molecule has 198 valence electrons. The third-order valence-electron chi connectivity index (χ3n) is 4.48. The second kappa shape index (κ2) is 23.8. The van der Waals surface area contributed by atoms with Crippen LogP contribution in [0.25, 0.3) is 0 Å². The first kappa shape index (κ1) is 36.2. The zero-order valence-electron chi connectivity index (χ0n) is 24.6. The van der Waals surface area contributed by atoms with Crippen molar-refractivity contribution in [2.24, 2.45) is 16.6 Å². The summed E-state index contributed by atoms with van der Waals surface area (Å²) >= 11 is 0. The van der Waals surface area contributed by atoms with Gasteiger partial charge in [-0.15, -0.1) is 0 Å². The molecule has 2 aromatic heterocycles. The molecule has 0 fully saturated rings. The molecule has 2 N–H and O–H groups in total. The van der Waals surface area contributed by atoms with Crippen LogP contribution in [0.4, 0.5) is 0 Å². The van der Waals surface area contributed by atoms with E-state index in [1.165, 1.54) is 17.6 Å². The lowest BCUT2D eigenvalue weighted by Crippen LogP contribution is -2.05. The molecule has 2 rings (SSSR count). The largest absolute Gasteiger partial charge is 0.405 e. The summed E-state index contributed by atoms with van der Waals surface area (Å²) in [5, 5.41) is 8.35. The summed E-state index contributed by atoms with van der Waals surface area (Å²) in [5.74, 6) is 1.64. The number of aromatic nitrogens is 4. The number of nitrogens with zero attached hydrogens (tertiary/aromatic N) is 5. The first-order valence-corrected chi connectivity index (χ1v) is 13.2. The van der Waals surface area contributed by atoms with E-state index in [0.29, 0.717) is 17.8 Å². The molecule has 2 heterocycles. The summed E-state index contributed by atoms with van der Waals surface area (Å²) in [5.41, 5.74) is 8.95. The minimum atomic E-state index is 0.472. The lowest BCUT2D eigenvalue weighted by molar-refractivity contribution is 0.598. The standard InChI is InChI=1S/2C8H14N2.C8H16N2.2C2H6/c2*1-4-10-8(7(2)3)5-6-9-10;1-4-10-8(5-6-9)7(2)3;2*1-2/h2*5-7H,4H2,1-3H3;5-7H,4,9H2,1-3H3;2*1-2H3/b;;6-5-,10-8?;;. The predicted molar refractivity (Wildman–Crippen MR) is 153 cm³/mol. The monoisotopic (exact) mass is 476 g/mol. The average molecular weight is 477 g/mol. The maximum Gasteiger partial charge on any atom is 0.0492 e. The van der Waals surface area contributed by atoms with Gasteiger partial charge in [-0.05, 0) is 62.9 Å². The highest BCUT2D eigenvalue weighted by atomic mass is 15.3. The fraction of sp³-hybridized carbons (Fsp3) is 0.679. The average Bonchev–Trinajstić information content (AvgIpc) is 3.52. The SMILES string of the molecule is CC.CC.CCN=C(/C=C\N)C(C)C.CCn1nccc1C(C)C.CCn1nccc1C(C)C. The Hall–Kier alpha value is -2.37. The van der Waals surface area contributed by atoms with Gasteiger partial charge in [-0.2, -0.15) is 10.2 Å². The Morgan fingerprint density at radius 1 is 0.824 bits per heavy atom. The molecule has 0 atom stereocenters. The molecular formula is C28H56N6. The highest BCUT2D eigenvalue weighted by Crippen LogP contribution is 2.13. The van der Waals surface area contributed by atoms with E-state index in [9.17, 15) is 0 Å². The zero-order valence-corrected chi connectivity index (χ0v) is 24.6. The molecule has 0 saturated carbocycles. The number of hydrogen-bond donors (Lipinski definition) is 1. The summed E-state index contributed by atoms with van der Waals surface area (Å²) < 4.78 is 4.06. The van der Waals surface area contributed by atoms with E-state index in [4.69, 9.17) is 5.73 Å². The van der Waals surface area contributed by atoms with E-state index < -0.39 is 0 Å². The van der Waals surface area contributed by atoms with E-state index >= 15 is 0 Å². The Morgan fingerprint density at radius 3 is 1.41 bits per heavy atom. The summed E-state index contributed by atoms with van der Waals surface area (Å²) in [6, 6.07) is 4.16. The summed E-state index contributed by atoms with van der Waals surface area (Å²) in [6.45, 7) is 30.0. The van der Waals surface area contributed by atoms with Crippen LogP contribution in [0.1, 0.15) is 113 Å². The minimum absolute atomic E-state index is 0.472. The van der Waals surface area contributed by atoms with Crippen molar-refractivity contribution < 1.29 is 0 Å². The topological polar surface area (TPSA) is 74.0 Å². The second-order valence-electron chi connectivity index (χ2n) is 7.87. The minimum Gasteiger partial charge on any atom is -0.405 e. The molecule has 0 bridgehead atoms. The Bertz CT molecular complexity index is 689. The number of allylic oxidation sites excluding steroid dienone is 1. The molecule has 0 saturated heterocycles. The number of nitrogens with two attached hydrogens (primary N) is 1. The van der Waals surface area contributed by atoms with Crippen LogP contribution in [0.15, 0.2) is 41.8 Å². The molecule has 0 aliphatic heterocycles. The summed E-state index contributed by atoms with van der Waals surface area (Å²) in [6.07, 6.45) is 7.11. The normalized spacial score (nSPS) is 10.6. The van der Waals surface area contributed by atoms with Gasteiger partial charge in [0.05, 0.1) is 0 Å². The highest BCUT2D eigenvalue weighted by molar-refractivity contribution is 5.96. The molecule has 6 nitrogen and oxygen atoms in total. The van der Waals surface area contributed by atoms with Crippen molar-refractivity contribution in [2.45, 2.75) is 115 Å². The molecule has 6 heteroatoms. The van der Waals surface area contributed by atoms with Crippen molar-refractivity contribution in [3.8, 4) is 0 Å². The van der Waals surface area contributed by atoms with E-state index in [1.807, 2.05) is 62.5 Å². The zero-order chi connectivity index (χ0) is 27.1. The molecule has 0 unspecified atom stereocenters. The third kappa shape index (κ3) is 15.5. The van der Waals surface area contributed by atoms with Crippen LogP contribution in [0.5, 0.6) is 0 Å². The summed E-state index contributed by atoms with van der Waals surface area (Å²) in [4.78, 5) is 4.26. The van der Waals surface area contributed by atoms with Crippen LogP contribution in [0, 0.1) is 5.92 Å². The second-order valence-corrected chi connectivity index (χ2v) is 7.87. The van der Waals surface area contributed by atoms with Gasteiger partial charge < -0.3 is 5.73 Å². The van der Waals surface area contributed by atoms with Gasteiger partial charge in [0.2, 0.25) is 0 Å². The molecule has 2 aromatic rings. The van der Waals surface area contributed by atoms with Gasteiger partial charge in [0.25, 0.3) is 0 Å². The molecular weight excluding hydrogens is 420 g/mol. The van der Waals surface area contributed by atoms with Crippen molar-refractivity contribution >= 4 is 5.71 Å². The lowest BCUT2D eigenvalue weighted by Gasteiger charge is -2.06. The molecule has 0 aliphatic rings. The van der Waals surface area contributed by atoms with Crippen LogP contribution in [-0.2, 0) is 13.1 Å². The van der Waals surface area contributed by atoms with Crippen molar-refractivity contribution in [3.63, 3.8) is 0 Å². The van der Waals surface area contributed by atoms with Gasteiger partial charge in [0.15, 0.2) is 0 Å². The van der Waals surface area contributed by atoms with E-state index in [-0.39, 0.29) is 0 Å². The first-order valence-electron chi connectivity index (χ1n) is 13.2. The lowest BCUT2D eigenvalue weighted by atomic mass is 10.1. The van der Waals surface area contributed by atoms with Gasteiger partial charge in [0, 0.05) is 49.1 Å². The number of rotatable bonds is 7. The van der Waals surface area contributed by atoms with Gasteiger partial charge >= 0.3 is 0 Å². The van der Waals surface area contributed by atoms with Gasteiger partial charge in [-0.1, -0.05) is 69.2 Å². The van der Waals surface area contributed by atoms with Crippen molar-refractivity contribution in [1.82, 2.24) is 19.6 Å². The Morgan fingerprint density at radius 2 is 1.21 bits per heavy atom. The molecule has 34 heavy (non-hydrogen) atoms. The van der Waals surface area contributed by atoms with E-state index in [0.717, 1.165) is 25.3 Å². The summed E-state index contributed by atoms with van der Waals surface area (Å²) in [7, 11) is 0. The van der Waals surface area contributed by atoms with Crippen molar-refractivity contribution in [2.75, 3.05) is 6.54 Å². The highest BCUT2D eigenvalue weighted by Gasteiger charge is 2.04. The first-order chi connectivity index (χ1) is 16.2. The fourth-order valence-corrected chi connectivity index (χ4v) is 2.90. The van der Waals surface area contributed by atoms with E-state index in [1.54, 1.807) is 0 Å². The van der Waals surface area contributed by atoms with Gasteiger partial charge in [-0.25, -0.2) is 0 Å². The quantitative estimate of drug-likeness (QED) is 0.416. The maximum absolute atomic E-state index is 5.24. The van der Waals surface area contributed by atoms with Crippen molar-refractivity contribution in [3.05, 3.63) is 48.2 Å². The van der Waals surface area contributed by atoms with Gasteiger partial charge in [0.1, 0.15) is 0 Å². The van der Waals surface area contributed by atoms with Crippen molar-refractivity contribution in [1.29, 1.82) is 0 Å². The van der Waals surface area contributed by atoms with E-state index in [2.05, 4.69) is 82.7 Å². The van der Waals surface area contributed by atoms with Crippen LogP contribution in [0.3, 0.4) is 0 Å². The number of hydrogen-bond acceptors (Lipinski definition) is 4. The van der Waals surface area contributed by atoms with Crippen LogP contribution in [-0.4, -0.2) is 31.8 Å². The molecule has 0 aliphatic carbocycles. The number of aryl methyl sites for hydroxylation is 2. The Kier molecular flexibility index (Phi) is 25.3. The fourth-order valence-electron chi connectivity index (χ4n) is 2.90. The molecule has 0 amide bonds. The third-order valence-corrected chi connectivity index (χ3v) is 4.48. The predicted octanol–water partition coefficient (Wildman–Crippen LogP) is 7.68. The van der Waals surface area contributed by atoms with Crippen LogP contribution >= 0.6 is 0 Å².